The van der Waals surface area contributed by atoms with Crippen molar-refractivity contribution >= 4 is 26.0 Å². The van der Waals surface area contributed by atoms with Crippen LogP contribution in [0, 0.1) is 6.92 Å². The minimum atomic E-state index is -3.37. The fourth-order valence-electron chi connectivity index (χ4n) is 1.70. The van der Waals surface area contributed by atoms with E-state index in [0.29, 0.717) is 18.7 Å². The quantitative estimate of drug-likeness (QED) is 0.788. The molecule has 1 heterocycles. The van der Waals surface area contributed by atoms with Crippen LogP contribution in [0.2, 0.25) is 0 Å². The molecule has 1 aromatic heterocycles. The Labute approximate surface area is 115 Å². The zero-order valence-corrected chi connectivity index (χ0v) is 12.5. The summed E-state index contributed by atoms with van der Waals surface area (Å²) in [6.45, 7) is 1.88. The molecule has 0 N–H and O–H groups in total. The number of aryl methyl sites for hydroxylation is 1. The van der Waals surface area contributed by atoms with Crippen LogP contribution in [0.5, 0.6) is 5.88 Å². The van der Waals surface area contributed by atoms with E-state index in [9.17, 15) is 8.42 Å². The first-order valence-corrected chi connectivity index (χ1v) is 8.12. The van der Waals surface area contributed by atoms with Crippen LogP contribution in [-0.2, 0) is 14.3 Å². The van der Waals surface area contributed by atoms with E-state index in [4.69, 9.17) is 8.92 Å². The Morgan fingerprint density at radius 1 is 1.33 bits per heavy atom. The van der Waals surface area contributed by atoms with Crippen molar-refractivity contribution in [1.82, 2.24) is 4.98 Å². The fourth-order valence-corrected chi connectivity index (χ4v) is 2.57. The first-order valence-electron chi connectivity index (χ1n) is 5.51. The highest BCUT2D eigenvalue weighted by atomic mass is 79.9. The highest BCUT2D eigenvalue weighted by Gasteiger charge is 2.34. The van der Waals surface area contributed by atoms with Crippen LogP contribution in [0.3, 0.4) is 0 Å². The second-order valence-corrected chi connectivity index (χ2v) is 6.81. The standard InChI is InChI=1S/C11H14BrNO4S/c1-7-10(12)3-4-11(13-7)16-8-5-9(6-8)17-18(2,14)15/h3-4,8-9H,5-6H2,1-2H3/t8-,9-. The van der Waals surface area contributed by atoms with Gasteiger partial charge in [-0.15, -0.1) is 0 Å². The molecule has 0 saturated heterocycles. The maximum Gasteiger partial charge on any atom is 0.264 e. The summed E-state index contributed by atoms with van der Waals surface area (Å²) >= 11 is 3.36. The van der Waals surface area contributed by atoms with E-state index >= 15 is 0 Å². The van der Waals surface area contributed by atoms with Gasteiger partial charge in [-0.25, -0.2) is 4.98 Å². The molecule has 1 aliphatic carbocycles. The van der Waals surface area contributed by atoms with E-state index in [1.807, 2.05) is 13.0 Å². The Hall–Kier alpha value is -0.660. The third kappa shape index (κ3) is 3.66. The van der Waals surface area contributed by atoms with E-state index in [1.165, 1.54) is 0 Å². The Morgan fingerprint density at radius 2 is 2.00 bits per heavy atom. The van der Waals surface area contributed by atoms with Gasteiger partial charge in [0.05, 0.1) is 18.1 Å². The van der Waals surface area contributed by atoms with E-state index in [2.05, 4.69) is 20.9 Å². The molecule has 2 rings (SSSR count). The number of aromatic nitrogens is 1. The maximum atomic E-state index is 10.9. The highest BCUT2D eigenvalue weighted by molar-refractivity contribution is 9.10. The van der Waals surface area contributed by atoms with Gasteiger partial charge in [0, 0.05) is 23.4 Å². The lowest BCUT2D eigenvalue weighted by Crippen LogP contribution is -2.40. The second kappa shape index (κ2) is 5.14. The van der Waals surface area contributed by atoms with Crippen molar-refractivity contribution in [2.45, 2.75) is 32.0 Å². The highest BCUT2D eigenvalue weighted by Crippen LogP contribution is 2.29. The van der Waals surface area contributed by atoms with Gasteiger partial charge in [0.1, 0.15) is 6.10 Å². The van der Waals surface area contributed by atoms with Gasteiger partial charge in [-0.1, -0.05) is 0 Å². The van der Waals surface area contributed by atoms with Crippen LogP contribution in [-0.4, -0.2) is 31.9 Å². The second-order valence-electron chi connectivity index (χ2n) is 4.35. The molecule has 1 aliphatic rings. The van der Waals surface area contributed by atoms with Crippen LogP contribution >= 0.6 is 15.9 Å². The number of hydrogen-bond acceptors (Lipinski definition) is 5. The lowest BCUT2D eigenvalue weighted by molar-refractivity contribution is 0.00639. The average molecular weight is 336 g/mol. The van der Waals surface area contributed by atoms with Crippen molar-refractivity contribution in [1.29, 1.82) is 0 Å². The summed E-state index contributed by atoms with van der Waals surface area (Å²) in [5.74, 6) is 0.554. The van der Waals surface area contributed by atoms with Crippen molar-refractivity contribution in [2.75, 3.05) is 6.26 Å². The number of hydrogen-bond donors (Lipinski definition) is 0. The molecule has 1 saturated carbocycles. The molecule has 7 heteroatoms. The number of halogens is 1. The molecule has 0 atom stereocenters. The normalized spacial score (nSPS) is 23.5. The van der Waals surface area contributed by atoms with Gasteiger partial charge in [-0.05, 0) is 28.9 Å². The largest absolute Gasteiger partial charge is 0.474 e. The van der Waals surface area contributed by atoms with E-state index in [0.717, 1.165) is 16.4 Å². The van der Waals surface area contributed by atoms with Crippen LogP contribution in [0.15, 0.2) is 16.6 Å². The van der Waals surface area contributed by atoms with Crippen molar-refractivity contribution in [3.8, 4) is 5.88 Å². The molecule has 0 aromatic carbocycles. The molecule has 5 nitrogen and oxygen atoms in total. The zero-order valence-electron chi connectivity index (χ0n) is 10.1. The number of nitrogens with zero attached hydrogens (tertiary/aromatic N) is 1. The zero-order chi connectivity index (χ0) is 13.3. The molecule has 0 aliphatic heterocycles. The van der Waals surface area contributed by atoms with Gasteiger partial charge < -0.3 is 4.74 Å². The summed E-state index contributed by atoms with van der Waals surface area (Å²) in [6.07, 6.45) is 1.92. The lowest BCUT2D eigenvalue weighted by Gasteiger charge is -2.33. The van der Waals surface area contributed by atoms with Gasteiger partial charge in [-0.3, -0.25) is 4.18 Å². The molecule has 0 bridgehead atoms. The molecule has 0 unspecified atom stereocenters. The Bertz CT molecular complexity index is 540. The van der Waals surface area contributed by atoms with E-state index in [1.54, 1.807) is 6.07 Å². The summed E-state index contributed by atoms with van der Waals surface area (Å²) in [4.78, 5) is 4.27. The van der Waals surface area contributed by atoms with Crippen molar-refractivity contribution in [3.63, 3.8) is 0 Å². The number of rotatable bonds is 4. The lowest BCUT2D eigenvalue weighted by atomic mass is 9.92. The molecule has 100 valence electrons. The molecule has 18 heavy (non-hydrogen) atoms. The average Bonchev–Trinajstić information content (AvgIpc) is 2.18. The minimum Gasteiger partial charge on any atom is -0.474 e. The van der Waals surface area contributed by atoms with Crippen molar-refractivity contribution in [3.05, 3.63) is 22.3 Å². The SMILES string of the molecule is Cc1nc(O[C@H]2C[C@H](OS(C)(=O)=O)C2)ccc1Br. The van der Waals surface area contributed by atoms with E-state index in [-0.39, 0.29) is 12.2 Å². The summed E-state index contributed by atoms with van der Waals surface area (Å²) in [6, 6.07) is 3.66. The Kier molecular flexibility index (Phi) is 3.93. The van der Waals surface area contributed by atoms with E-state index < -0.39 is 10.1 Å². The monoisotopic (exact) mass is 335 g/mol. The summed E-state index contributed by atoms with van der Waals surface area (Å²) in [5, 5.41) is 0. The van der Waals surface area contributed by atoms with Crippen molar-refractivity contribution in [2.24, 2.45) is 0 Å². The molecule has 0 radical (unpaired) electrons. The van der Waals surface area contributed by atoms with Gasteiger partial charge in [-0.2, -0.15) is 8.42 Å². The predicted octanol–water partition coefficient (Wildman–Crippen LogP) is 2.04. The van der Waals surface area contributed by atoms with Crippen LogP contribution in [0.4, 0.5) is 0 Å². The van der Waals surface area contributed by atoms with Crippen molar-refractivity contribution < 1.29 is 17.3 Å². The smallest absolute Gasteiger partial charge is 0.264 e. The third-order valence-electron chi connectivity index (χ3n) is 2.65. The minimum absolute atomic E-state index is 0.0233. The molecular formula is C11H14BrNO4S. The molecule has 1 aromatic rings. The Balaban J connectivity index is 1.85. The van der Waals surface area contributed by atoms with Crippen LogP contribution in [0.25, 0.3) is 0 Å². The third-order valence-corrected chi connectivity index (χ3v) is 4.11. The maximum absolute atomic E-state index is 10.9. The Morgan fingerprint density at radius 3 is 2.56 bits per heavy atom. The molecule has 0 amide bonds. The van der Waals surface area contributed by atoms with Gasteiger partial charge in [0.2, 0.25) is 5.88 Å². The van der Waals surface area contributed by atoms with Gasteiger partial charge in [0.25, 0.3) is 10.1 Å². The fraction of sp³-hybridized carbons (Fsp3) is 0.545. The number of pyridine rings is 1. The van der Waals surface area contributed by atoms with Crippen LogP contribution < -0.4 is 4.74 Å². The molecule has 0 spiro atoms. The topological polar surface area (TPSA) is 65.5 Å². The molecular weight excluding hydrogens is 322 g/mol. The van der Waals surface area contributed by atoms with Crippen LogP contribution in [0.1, 0.15) is 18.5 Å². The predicted molar refractivity (Wildman–Crippen MR) is 70.0 cm³/mol. The summed E-state index contributed by atoms with van der Waals surface area (Å²) in [7, 11) is -3.37. The summed E-state index contributed by atoms with van der Waals surface area (Å²) < 4.78 is 33.2. The first kappa shape index (κ1) is 13.8. The summed E-state index contributed by atoms with van der Waals surface area (Å²) in [5.41, 5.74) is 0.857. The molecule has 1 fully saturated rings. The van der Waals surface area contributed by atoms with Gasteiger partial charge >= 0.3 is 0 Å². The first-order chi connectivity index (χ1) is 8.33. The van der Waals surface area contributed by atoms with Gasteiger partial charge in [0.15, 0.2) is 0 Å². The number of ether oxygens (including phenoxy) is 1.